The van der Waals surface area contributed by atoms with Gasteiger partial charge in [0.1, 0.15) is 0 Å². The summed E-state index contributed by atoms with van der Waals surface area (Å²) in [6.07, 6.45) is 3.79. The fourth-order valence-electron chi connectivity index (χ4n) is 3.19. The first kappa shape index (κ1) is 21.0. The fraction of sp³-hybridized carbons (Fsp3) is 0.250. The number of rotatable bonds is 4. The number of alkyl halides is 3. The lowest BCUT2D eigenvalue weighted by Gasteiger charge is -2.35. The van der Waals surface area contributed by atoms with E-state index < -0.39 is 5.51 Å². The second-order valence-corrected chi connectivity index (χ2v) is 7.95. The molecule has 0 atom stereocenters. The number of amides is 2. The molecule has 2 amide bonds. The van der Waals surface area contributed by atoms with E-state index >= 15 is 0 Å². The number of hydrogen-bond acceptors (Lipinski definition) is 5. The van der Waals surface area contributed by atoms with E-state index in [9.17, 15) is 18.0 Å². The van der Waals surface area contributed by atoms with Gasteiger partial charge in [-0.2, -0.15) is 13.2 Å². The first-order valence-electron chi connectivity index (χ1n) is 9.51. The topological polar surface area (TPSA) is 66.3 Å². The van der Waals surface area contributed by atoms with Crippen LogP contribution in [0.5, 0.6) is 0 Å². The van der Waals surface area contributed by atoms with Gasteiger partial charge in [0.25, 0.3) is 0 Å². The molecule has 1 saturated heterocycles. The normalized spacial score (nSPS) is 14.5. The summed E-state index contributed by atoms with van der Waals surface area (Å²) < 4.78 is 39.1. The Balaban J connectivity index is 1.29. The summed E-state index contributed by atoms with van der Waals surface area (Å²) in [6.45, 7) is 2.20. The standard InChI is InChI=1S/C20H19F3N6OS/c21-20(22,23)31-16-5-3-15(4-6-16)24-19(30)29-13-11-28(12-14-29)18-8-7-17(25-26-18)27-9-1-2-10-27/h1-10H,11-14H2,(H,24,30). The van der Waals surface area contributed by atoms with E-state index in [1.54, 1.807) is 4.90 Å². The Kier molecular flexibility index (Phi) is 6.03. The highest BCUT2D eigenvalue weighted by molar-refractivity contribution is 8.00. The number of carbonyl (C=O) groups excluding carboxylic acids is 1. The third-order valence-corrected chi connectivity index (χ3v) is 5.47. The van der Waals surface area contributed by atoms with Gasteiger partial charge in [0.2, 0.25) is 0 Å². The maximum absolute atomic E-state index is 12.5. The van der Waals surface area contributed by atoms with Gasteiger partial charge in [0, 0.05) is 49.2 Å². The molecule has 162 valence electrons. The Labute approximate surface area is 180 Å². The van der Waals surface area contributed by atoms with Crippen molar-refractivity contribution in [3.8, 4) is 5.82 Å². The summed E-state index contributed by atoms with van der Waals surface area (Å²) in [6, 6.07) is 12.9. The van der Waals surface area contributed by atoms with Gasteiger partial charge in [-0.05, 0) is 60.3 Å². The number of benzene rings is 1. The number of halogens is 3. The van der Waals surface area contributed by atoms with E-state index in [2.05, 4.69) is 20.4 Å². The molecule has 1 aromatic carbocycles. The largest absolute Gasteiger partial charge is 0.446 e. The zero-order chi connectivity index (χ0) is 21.8. The first-order chi connectivity index (χ1) is 14.9. The zero-order valence-electron chi connectivity index (χ0n) is 16.3. The molecule has 31 heavy (non-hydrogen) atoms. The number of hydrogen-bond donors (Lipinski definition) is 1. The highest BCUT2D eigenvalue weighted by Crippen LogP contribution is 2.37. The molecular weight excluding hydrogens is 429 g/mol. The predicted molar refractivity (Wildman–Crippen MR) is 113 cm³/mol. The van der Waals surface area contributed by atoms with E-state index in [1.165, 1.54) is 24.3 Å². The molecule has 0 spiro atoms. The maximum atomic E-state index is 12.5. The molecular formula is C20H19F3N6OS. The van der Waals surface area contributed by atoms with Crippen LogP contribution < -0.4 is 10.2 Å². The lowest BCUT2D eigenvalue weighted by atomic mass is 10.3. The van der Waals surface area contributed by atoms with E-state index in [0.29, 0.717) is 31.9 Å². The van der Waals surface area contributed by atoms with Crippen molar-refractivity contribution in [2.45, 2.75) is 10.4 Å². The molecule has 1 fully saturated rings. The minimum absolute atomic E-state index is 0.0722. The average Bonchev–Trinajstić information content (AvgIpc) is 3.29. The third-order valence-electron chi connectivity index (χ3n) is 4.74. The summed E-state index contributed by atoms with van der Waals surface area (Å²) in [5.41, 5.74) is -3.89. The van der Waals surface area contributed by atoms with Crippen LogP contribution >= 0.6 is 11.8 Å². The van der Waals surface area contributed by atoms with Crippen LogP contribution in [0, 0.1) is 0 Å². The summed E-state index contributed by atoms with van der Waals surface area (Å²) in [5.74, 6) is 1.47. The highest BCUT2D eigenvalue weighted by Gasteiger charge is 2.29. The van der Waals surface area contributed by atoms with Gasteiger partial charge in [0.15, 0.2) is 11.6 Å². The van der Waals surface area contributed by atoms with Crippen molar-refractivity contribution in [3.05, 3.63) is 60.9 Å². The molecule has 0 aliphatic carbocycles. The van der Waals surface area contributed by atoms with Crippen molar-refractivity contribution in [2.75, 3.05) is 36.4 Å². The van der Waals surface area contributed by atoms with Crippen LogP contribution in [0.3, 0.4) is 0 Å². The number of urea groups is 1. The maximum Gasteiger partial charge on any atom is 0.446 e. The van der Waals surface area contributed by atoms with Crippen LogP contribution in [-0.2, 0) is 0 Å². The Hall–Kier alpha value is -3.21. The molecule has 1 N–H and O–H groups in total. The molecule has 11 heteroatoms. The average molecular weight is 448 g/mol. The number of piperazine rings is 1. The second kappa shape index (κ2) is 8.88. The van der Waals surface area contributed by atoms with Gasteiger partial charge >= 0.3 is 11.5 Å². The molecule has 1 aliphatic rings. The first-order valence-corrected chi connectivity index (χ1v) is 10.3. The van der Waals surface area contributed by atoms with Crippen LogP contribution in [0.1, 0.15) is 0 Å². The molecule has 2 aromatic heterocycles. The number of nitrogens with one attached hydrogen (secondary N) is 1. The molecule has 0 saturated carbocycles. The van der Waals surface area contributed by atoms with Crippen molar-refractivity contribution < 1.29 is 18.0 Å². The zero-order valence-corrected chi connectivity index (χ0v) is 17.1. The number of thioether (sulfide) groups is 1. The minimum Gasteiger partial charge on any atom is -0.352 e. The molecule has 3 heterocycles. The fourth-order valence-corrected chi connectivity index (χ4v) is 3.73. The third kappa shape index (κ3) is 5.48. The van der Waals surface area contributed by atoms with Gasteiger partial charge in [-0.25, -0.2) is 4.79 Å². The SMILES string of the molecule is O=C(Nc1ccc(SC(F)(F)F)cc1)N1CCN(c2ccc(-n3cccc3)nn2)CC1. The molecule has 0 unspecified atom stereocenters. The van der Waals surface area contributed by atoms with Crippen molar-refractivity contribution in [2.24, 2.45) is 0 Å². The summed E-state index contributed by atoms with van der Waals surface area (Å²) >= 11 is -0.186. The lowest BCUT2D eigenvalue weighted by molar-refractivity contribution is -0.0328. The van der Waals surface area contributed by atoms with Gasteiger partial charge in [-0.1, -0.05) is 0 Å². The second-order valence-electron chi connectivity index (χ2n) is 6.82. The van der Waals surface area contributed by atoms with Crippen LogP contribution in [-0.4, -0.2) is 57.4 Å². The molecule has 7 nitrogen and oxygen atoms in total. The summed E-state index contributed by atoms with van der Waals surface area (Å²) in [7, 11) is 0. The Bertz CT molecular complexity index is 1000. The van der Waals surface area contributed by atoms with Crippen LogP contribution in [0.2, 0.25) is 0 Å². The predicted octanol–water partition coefficient (Wildman–Crippen LogP) is 4.23. The van der Waals surface area contributed by atoms with Crippen LogP contribution in [0.4, 0.5) is 29.5 Å². The molecule has 0 radical (unpaired) electrons. The van der Waals surface area contributed by atoms with E-state index in [4.69, 9.17) is 0 Å². The number of anilines is 2. The number of nitrogens with zero attached hydrogens (tertiary/aromatic N) is 5. The molecule has 3 aromatic rings. The van der Waals surface area contributed by atoms with Crippen molar-refractivity contribution >= 4 is 29.3 Å². The highest BCUT2D eigenvalue weighted by atomic mass is 32.2. The summed E-state index contributed by atoms with van der Waals surface area (Å²) in [5, 5.41) is 11.3. The molecule has 0 bridgehead atoms. The van der Waals surface area contributed by atoms with Gasteiger partial charge in [0.05, 0.1) is 0 Å². The van der Waals surface area contributed by atoms with Crippen LogP contribution in [0.15, 0.2) is 65.8 Å². The monoisotopic (exact) mass is 448 g/mol. The Morgan fingerprint density at radius 1 is 0.903 bits per heavy atom. The Morgan fingerprint density at radius 3 is 2.10 bits per heavy atom. The molecule has 4 rings (SSSR count). The quantitative estimate of drug-likeness (QED) is 0.605. The number of carbonyl (C=O) groups is 1. The van der Waals surface area contributed by atoms with E-state index in [0.717, 1.165) is 11.6 Å². The van der Waals surface area contributed by atoms with Crippen molar-refractivity contribution in [1.29, 1.82) is 0 Å². The van der Waals surface area contributed by atoms with Gasteiger partial charge in [-0.15, -0.1) is 10.2 Å². The van der Waals surface area contributed by atoms with Crippen molar-refractivity contribution in [1.82, 2.24) is 19.7 Å². The number of aromatic nitrogens is 3. The van der Waals surface area contributed by atoms with E-state index in [1.807, 2.05) is 41.2 Å². The lowest BCUT2D eigenvalue weighted by Crippen LogP contribution is -2.50. The van der Waals surface area contributed by atoms with Crippen molar-refractivity contribution in [3.63, 3.8) is 0 Å². The smallest absolute Gasteiger partial charge is 0.352 e. The van der Waals surface area contributed by atoms with Crippen LogP contribution in [0.25, 0.3) is 5.82 Å². The van der Waals surface area contributed by atoms with Gasteiger partial charge in [-0.3, -0.25) is 0 Å². The van der Waals surface area contributed by atoms with E-state index in [-0.39, 0.29) is 22.7 Å². The molecule has 1 aliphatic heterocycles. The summed E-state index contributed by atoms with van der Waals surface area (Å²) in [4.78, 5) is 16.3. The minimum atomic E-state index is -4.34. The Morgan fingerprint density at radius 2 is 1.52 bits per heavy atom. The van der Waals surface area contributed by atoms with Gasteiger partial charge < -0.3 is 19.7 Å².